The monoisotopic (exact) mass is 274 g/mol. The molecule has 4 N–H and O–H groups in total. The Morgan fingerprint density at radius 1 is 1.50 bits per heavy atom. The normalized spacial score (nSPS) is 25.4. The fourth-order valence-electron chi connectivity index (χ4n) is 2.23. The molecule has 1 aliphatic rings. The molecule has 0 aromatic heterocycles. The third-order valence-corrected chi connectivity index (χ3v) is 3.98. The van der Waals surface area contributed by atoms with Crippen molar-refractivity contribution in [2.24, 2.45) is 11.7 Å². The summed E-state index contributed by atoms with van der Waals surface area (Å²) in [7, 11) is 0. The number of hydrogen-bond donors (Lipinski definition) is 3. The third kappa shape index (κ3) is 4.86. The number of aliphatic carboxylic acids is 1. The average Bonchev–Trinajstić information content (AvgIpc) is 2.36. The first-order valence-corrected chi connectivity index (χ1v) is 7.71. The molecule has 0 heterocycles. The summed E-state index contributed by atoms with van der Waals surface area (Å²) >= 11 is 1.66. The number of nitrogens with two attached hydrogens (primary N) is 1. The van der Waals surface area contributed by atoms with Gasteiger partial charge in [-0.3, -0.25) is 9.59 Å². The summed E-state index contributed by atoms with van der Waals surface area (Å²) in [5, 5.41) is 11.9. The summed E-state index contributed by atoms with van der Waals surface area (Å²) in [6, 6.07) is -0.518. The van der Waals surface area contributed by atoms with E-state index in [0.29, 0.717) is 19.3 Å². The van der Waals surface area contributed by atoms with Crippen LogP contribution in [0.25, 0.3) is 0 Å². The van der Waals surface area contributed by atoms with E-state index in [-0.39, 0.29) is 17.9 Å². The van der Waals surface area contributed by atoms with Crippen molar-refractivity contribution >= 4 is 23.6 Å². The number of hydrogen-bond acceptors (Lipinski definition) is 4. The molecule has 0 bridgehead atoms. The van der Waals surface area contributed by atoms with Crippen molar-refractivity contribution in [3.8, 4) is 0 Å². The molecule has 5 nitrogen and oxygen atoms in total. The highest BCUT2D eigenvalue weighted by atomic mass is 32.2. The Hall–Kier alpha value is -0.750. The van der Waals surface area contributed by atoms with E-state index in [0.717, 1.165) is 18.6 Å². The van der Waals surface area contributed by atoms with E-state index in [1.165, 1.54) is 0 Å². The molecule has 0 spiro atoms. The zero-order valence-corrected chi connectivity index (χ0v) is 11.5. The maximum absolute atomic E-state index is 11.8. The summed E-state index contributed by atoms with van der Waals surface area (Å²) in [6.45, 7) is 0. The Bertz CT molecular complexity index is 299. The van der Waals surface area contributed by atoms with Crippen molar-refractivity contribution in [1.29, 1.82) is 0 Å². The summed E-state index contributed by atoms with van der Waals surface area (Å²) in [6.07, 6.45) is 5.56. The van der Waals surface area contributed by atoms with Crippen LogP contribution in [0.1, 0.15) is 32.1 Å². The number of rotatable bonds is 6. The minimum absolute atomic E-state index is 0.0346. The molecule has 1 fully saturated rings. The van der Waals surface area contributed by atoms with E-state index >= 15 is 0 Å². The van der Waals surface area contributed by atoms with Crippen LogP contribution in [0.15, 0.2) is 0 Å². The first-order chi connectivity index (χ1) is 8.54. The summed E-state index contributed by atoms with van der Waals surface area (Å²) < 4.78 is 0. The number of amides is 1. The van der Waals surface area contributed by atoms with Gasteiger partial charge < -0.3 is 16.2 Å². The van der Waals surface area contributed by atoms with Crippen molar-refractivity contribution in [3.05, 3.63) is 0 Å². The molecule has 1 amide bonds. The molecular weight excluding hydrogens is 252 g/mol. The molecule has 2 unspecified atom stereocenters. The highest BCUT2D eigenvalue weighted by Crippen LogP contribution is 2.24. The first-order valence-electron chi connectivity index (χ1n) is 6.32. The standard InChI is InChI=1S/C12H22N2O3S/c1-18-6-5-10(13)11(15)14-9-4-2-3-8(7-9)12(16)17/h8-10H,2-7,13H2,1H3,(H,14,15)(H,16,17)/t8?,9?,10-/m1/s1. The summed E-state index contributed by atoms with van der Waals surface area (Å²) in [4.78, 5) is 22.7. The quantitative estimate of drug-likeness (QED) is 0.667. The van der Waals surface area contributed by atoms with Crippen LogP contribution >= 0.6 is 11.8 Å². The zero-order chi connectivity index (χ0) is 13.5. The lowest BCUT2D eigenvalue weighted by molar-refractivity contribution is -0.143. The Labute approximate surface area is 112 Å². The lowest BCUT2D eigenvalue weighted by Crippen LogP contribution is -2.47. The Morgan fingerprint density at radius 2 is 2.22 bits per heavy atom. The van der Waals surface area contributed by atoms with Gasteiger partial charge in [-0.2, -0.15) is 11.8 Å². The fraction of sp³-hybridized carbons (Fsp3) is 0.833. The van der Waals surface area contributed by atoms with E-state index in [1.807, 2.05) is 6.26 Å². The van der Waals surface area contributed by atoms with Crippen LogP contribution in [0.4, 0.5) is 0 Å². The van der Waals surface area contributed by atoms with Gasteiger partial charge in [0.25, 0.3) is 0 Å². The van der Waals surface area contributed by atoms with Crippen LogP contribution in [0, 0.1) is 5.92 Å². The minimum Gasteiger partial charge on any atom is -0.481 e. The van der Waals surface area contributed by atoms with E-state index < -0.39 is 12.0 Å². The van der Waals surface area contributed by atoms with E-state index in [9.17, 15) is 9.59 Å². The molecular formula is C12H22N2O3S. The lowest BCUT2D eigenvalue weighted by Gasteiger charge is -2.28. The van der Waals surface area contributed by atoms with Gasteiger partial charge in [0, 0.05) is 6.04 Å². The number of nitrogens with one attached hydrogen (secondary N) is 1. The molecule has 6 heteroatoms. The highest BCUT2D eigenvalue weighted by molar-refractivity contribution is 7.98. The molecule has 1 aliphatic carbocycles. The second-order valence-electron chi connectivity index (χ2n) is 4.80. The minimum atomic E-state index is -0.763. The molecule has 3 atom stereocenters. The van der Waals surface area contributed by atoms with Crippen LogP contribution < -0.4 is 11.1 Å². The molecule has 1 rings (SSSR count). The summed E-state index contributed by atoms with van der Waals surface area (Å²) in [5.41, 5.74) is 5.77. The van der Waals surface area contributed by atoms with Crippen molar-refractivity contribution in [1.82, 2.24) is 5.32 Å². The topological polar surface area (TPSA) is 92.4 Å². The number of carbonyl (C=O) groups excluding carboxylic acids is 1. The molecule has 0 aliphatic heterocycles. The predicted molar refractivity (Wildman–Crippen MR) is 72.5 cm³/mol. The van der Waals surface area contributed by atoms with Crippen LogP contribution in [-0.4, -0.2) is 41.1 Å². The van der Waals surface area contributed by atoms with Gasteiger partial charge in [-0.1, -0.05) is 6.42 Å². The van der Waals surface area contributed by atoms with Crippen molar-refractivity contribution in [2.75, 3.05) is 12.0 Å². The molecule has 0 aromatic carbocycles. The third-order valence-electron chi connectivity index (χ3n) is 3.34. The molecule has 0 radical (unpaired) electrons. The maximum atomic E-state index is 11.8. The van der Waals surface area contributed by atoms with Gasteiger partial charge in [-0.25, -0.2) is 0 Å². The number of carboxylic acid groups (broad SMARTS) is 1. The van der Waals surface area contributed by atoms with Gasteiger partial charge in [-0.05, 0) is 37.7 Å². The number of thioether (sulfide) groups is 1. The highest BCUT2D eigenvalue weighted by Gasteiger charge is 2.28. The van der Waals surface area contributed by atoms with E-state index in [1.54, 1.807) is 11.8 Å². The number of carboxylic acids is 1. The second-order valence-corrected chi connectivity index (χ2v) is 5.78. The average molecular weight is 274 g/mol. The zero-order valence-electron chi connectivity index (χ0n) is 10.7. The molecule has 104 valence electrons. The van der Waals surface area contributed by atoms with Gasteiger partial charge in [0.1, 0.15) is 0 Å². The number of carbonyl (C=O) groups is 2. The van der Waals surface area contributed by atoms with Crippen molar-refractivity contribution < 1.29 is 14.7 Å². The summed E-state index contributed by atoms with van der Waals surface area (Å²) in [5.74, 6) is -0.385. The van der Waals surface area contributed by atoms with Crippen LogP contribution in [0.2, 0.25) is 0 Å². The predicted octanol–water partition coefficient (Wildman–Crippen LogP) is 0.826. The molecule has 0 saturated heterocycles. The van der Waals surface area contributed by atoms with Gasteiger partial charge in [0.2, 0.25) is 5.91 Å². The fourth-order valence-corrected chi connectivity index (χ4v) is 2.72. The van der Waals surface area contributed by atoms with E-state index in [2.05, 4.69) is 5.32 Å². The molecule has 0 aromatic rings. The Kier molecular flexibility index (Phi) is 6.49. The lowest BCUT2D eigenvalue weighted by atomic mass is 9.85. The van der Waals surface area contributed by atoms with E-state index in [4.69, 9.17) is 10.8 Å². The van der Waals surface area contributed by atoms with Crippen molar-refractivity contribution in [3.63, 3.8) is 0 Å². The first kappa shape index (κ1) is 15.3. The smallest absolute Gasteiger partial charge is 0.306 e. The molecule has 1 saturated carbocycles. The Balaban J connectivity index is 2.37. The van der Waals surface area contributed by atoms with Gasteiger partial charge >= 0.3 is 5.97 Å². The second kappa shape index (κ2) is 7.63. The SMILES string of the molecule is CSCC[C@@H](N)C(=O)NC1CCCC(C(=O)O)C1. The van der Waals surface area contributed by atoms with Gasteiger partial charge in [0.05, 0.1) is 12.0 Å². The maximum Gasteiger partial charge on any atom is 0.306 e. The van der Waals surface area contributed by atoms with Crippen LogP contribution in [0.5, 0.6) is 0 Å². The van der Waals surface area contributed by atoms with Crippen LogP contribution in [-0.2, 0) is 9.59 Å². The van der Waals surface area contributed by atoms with Crippen molar-refractivity contribution in [2.45, 2.75) is 44.2 Å². The van der Waals surface area contributed by atoms with Gasteiger partial charge in [0.15, 0.2) is 0 Å². The van der Waals surface area contributed by atoms with Crippen LogP contribution in [0.3, 0.4) is 0 Å². The van der Waals surface area contributed by atoms with Gasteiger partial charge in [-0.15, -0.1) is 0 Å². The Morgan fingerprint density at radius 3 is 2.83 bits per heavy atom. The largest absolute Gasteiger partial charge is 0.481 e. The molecule has 18 heavy (non-hydrogen) atoms.